The number of aryl methyl sites for hydroxylation is 1. The third kappa shape index (κ3) is 1.62. The fourth-order valence-electron chi connectivity index (χ4n) is 2.68. The first-order chi connectivity index (χ1) is 8.27. The van der Waals surface area contributed by atoms with Crippen LogP contribution in [0.3, 0.4) is 0 Å². The fraction of sp³-hybridized carbons (Fsp3) is 0.357. The minimum atomic E-state index is 0.524. The normalized spacial score (nSPS) is 19.0. The van der Waals surface area contributed by atoms with Crippen molar-refractivity contribution >= 4 is 5.69 Å². The van der Waals surface area contributed by atoms with Crippen molar-refractivity contribution in [2.75, 3.05) is 5.73 Å². The minimum absolute atomic E-state index is 0.524. The predicted octanol–water partition coefficient (Wildman–Crippen LogP) is 3.03. The van der Waals surface area contributed by atoms with Gasteiger partial charge in [-0.2, -0.15) is 0 Å². The van der Waals surface area contributed by atoms with E-state index >= 15 is 0 Å². The van der Waals surface area contributed by atoms with Crippen molar-refractivity contribution in [1.82, 2.24) is 9.55 Å². The number of hydrogen-bond acceptors (Lipinski definition) is 2. The maximum atomic E-state index is 6.04. The van der Waals surface area contributed by atoms with Crippen molar-refractivity contribution in [2.24, 2.45) is 0 Å². The maximum absolute atomic E-state index is 6.04. The van der Waals surface area contributed by atoms with Crippen molar-refractivity contribution in [3.63, 3.8) is 0 Å². The quantitative estimate of drug-likeness (QED) is 0.761. The second-order valence-corrected chi connectivity index (χ2v) is 4.77. The maximum Gasteiger partial charge on any atom is 0.142 e. The summed E-state index contributed by atoms with van der Waals surface area (Å²) in [6, 6.07) is 8.48. The summed E-state index contributed by atoms with van der Waals surface area (Å²) < 4.78 is 2.34. The van der Waals surface area contributed by atoms with E-state index in [9.17, 15) is 0 Å². The Hall–Kier alpha value is -1.77. The Balaban J connectivity index is 2.17. The molecule has 3 nitrogen and oxygen atoms in total. The van der Waals surface area contributed by atoms with Crippen molar-refractivity contribution in [2.45, 2.75) is 32.2 Å². The molecule has 2 N–H and O–H groups in total. The van der Waals surface area contributed by atoms with E-state index in [-0.39, 0.29) is 0 Å². The van der Waals surface area contributed by atoms with E-state index in [4.69, 9.17) is 5.73 Å². The standard InChI is InChI=1S/C14H17N3/c1-10-5-4-6-11-9-16-14(17(10)11)12-7-2-3-8-13(12)15/h2-3,7-10H,4-6,15H2,1H3. The van der Waals surface area contributed by atoms with Gasteiger partial charge in [-0.15, -0.1) is 0 Å². The molecule has 0 fully saturated rings. The number of anilines is 1. The van der Waals surface area contributed by atoms with E-state index in [1.165, 1.54) is 18.5 Å². The van der Waals surface area contributed by atoms with E-state index in [0.717, 1.165) is 23.5 Å². The summed E-state index contributed by atoms with van der Waals surface area (Å²) in [4.78, 5) is 4.56. The lowest BCUT2D eigenvalue weighted by Gasteiger charge is -2.24. The van der Waals surface area contributed by atoms with Gasteiger partial charge in [-0.05, 0) is 38.3 Å². The third-order valence-corrected chi connectivity index (χ3v) is 3.57. The summed E-state index contributed by atoms with van der Waals surface area (Å²) in [5, 5.41) is 0. The number of nitrogens with zero attached hydrogens (tertiary/aromatic N) is 2. The van der Waals surface area contributed by atoms with Crippen LogP contribution in [0.4, 0.5) is 5.69 Å². The molecule has 0 aliphatic carbocycles. The lowest BCUT2D eigenvalue weighted by molar-refractivity contribution is 0.436. The van der Waals surface area contributed by atoms with Gasteiger partial charge in [0.2, 0.25) is 0 Å². The van der Waals surface area contributed by atoms with E-state index in [1.54, 1.807) is 0 Å². The van der Waals surface area contributed by atoms with Crippen LogP contribution in [0.25, 0.3) is 11.4 Å². The number of hydrogen-bond donors (Lipinski definition) is 1. The van der Waals surface area contributed by atoms with E-state index < -0.39 is 0 Å². The molecule has 17 heavy (non-hydrogen) atoms. The Morgan fingerprint density at radius 1 is 1.35 bits per heavy atom. The van der Waals surface area contributed by atoms with Gasteiger partial charge in [0.1, 0.15) is 5.82 Å². The lowest BCUT2D eigenvalue weighted by Crippen LogP contribution is -2.15. The summed E-state index contributed by atoms with van der Waals surface area (Å²) in [5.41, 5.74) is 9.23. The highest BCUT2D eigenvalue weighted by atomic mass is 15.1. The van der Waals surface area contributed by atoms with Crippen molar-refractivity contribution in [3.8, 4) is 11.4 Å². The second-order valence-electron chi connectivity index (χ2n) is 4.77. The van der Waals surface area contributed by atoms with Crippen molar-refractivity contribution < 1.29 is 0 Å². The number of nitrogens with two attached hydrogens (primary N) is 1. The van der Waals surface area contributed by atoms with Crippen LogP contribution in [0.2, 0.25) is 0 Å². The third-order valence-electron chi connectivity index (χ3n) is 3.57. The lowest BCUT2D eigenvalue weighted by atomic mass is 10.0. The second kappa shape index (κ2) is 3.91. The summed E-state index contributed by atoms with van der Waals surface area (Å²) >= 11 is 0. The van der Waals surface area contributed by atoms with Crippen LogP contribution < -0.4 is 5.73 Å². The molecule has 2 aromatic rings. The van der Waals surface area contributed by atoms with E-state index in [2.05, 4.69) is 16.5 Å². The molecule has 2 heterocycles. The summed E-state index contributed by atoms with van der Waals surface area (Å²) in [7, 11) is 0. The molecule has 0 saturated carbocycles. The highest BCUT2D eigenvalue weighted by Crippen LogP contribution is 2.32. The number of nitrogen functional groups attached to an aromatic ring is 1. The highest BCUT2D eigenvalue weighted by molar-refractivity contribution is 5.72. The average Bonchev–Trinajstić information content (AvgIpc) is 2.75. The van der Waals surface area contributed by atoms with Gasteiger partial charge in [0.15, 0.2) is 0 Å². The predicted molar refractivity (Wildman–Crippen MR) is 69.7 cm³/mol. The molecule has 0 amide bonds. The largest absolute Gasteiger partial charge is 0.398 e. The Kier molecular flexibility index (Phi) is 2.39. The van der Waals surface area contributed by atoms with Crippen molar-refractivity contribution in [3.05, 3.63) is 36.2 Å². The zero-order chi connectivity index (χ0) is 11.8. The van der Waals surface area contributed by atoms with Gasteiger partial charge in [0.05, 0.1) is 0 Å². The number of rotatable bonds is 1. The van der Waals surface area contributed by atoms with Gasteiger partial charge in [-0.1, -0.05) is 12.1 Å². The summed E-state index contributed by atoms with van der Waals surface area (Å²) in [6.45, 7) is 2.26. The molecule has 1 aliphatic rings. The summed E-state index contributed by atoms with van der Waals surface area (Å²) in [5.74, 6) is 1.02. The molecule has 88 valence electrons. The number of imidazole rings is 1. The SMILES string of the molecule is CC1CCCc2cnc(-c3ccccc3N)n21. The van der Waals surface area contributed by atoms with Crippen molar-refractivity contribution in [1.29, 1.82) is 0 Å². The van der Waals surface area contributed by atoms with Gasteiger partial charge >= 0.3 is 0 Å². The molecule has 1 atom stereocenters. The summed E-state index contributed by atoms with van der Waals surface area (Å²) in [6.07, 6.45) is 5.61. The van der Waals surface area contributed by atoms with Gasteiger partial charge in [-0.3, -0.25) is 0 Å². The van der Waals surface area contributed by atoms with Gasteiger partial charge in [0, 0.05) is 29.2 Å². The Bertz CT molecular complexity index is 542. The number of fused-ring (bicyclic) bond motifs is 1. The molecule has 1 aromatic carbocycles. The first kappa shape index (κ1) is 10.4. The molecule has 3 rings (SSSR count). The number of para-hydroxylation sites is 1. The van der Waals surface area contributed by atoms with E-state index in [1.807, 2.05) is 30.5 Å². The molecular weight excluding hydrogens is 210 g/mol. The molecule has 3 heteroatoms. The molecule has 1 aromatic heterocycles. The first-order valence-electron chi connectivity index (χ1n) is 6.18. The van der Waals surface area contributed by atoms with Gasteiger partial charge in [-0.25, -0.2) is 4.98 Å². The average molecular weight is 227 g/mol. The van der Waals surface area contributed by atoms with Crippen LogP contribution in [0, 0.1) is 0 Å². The molecular formula is C14H17N3. The molecule has 0 bridgehead atoms. The molecule has 0 saturated heterocycles. The van der Waals surface area contributed by atoms with Gasteiger partial charge in [0.25, 0.3) is 0 Å². The highest BCUT2D eigenvalue weighted by Gasteiger charge is 2.21. The number of aromatic nitrogens is 2. The smallest absolute Gasteiger partial charge is 0.142 e. The van der Waals surface area contributed by atoms with Crippen LogP contribution in [0.1, 0.15) is 31.5 Å². The topological polar surface area (TPSA) is 43.8 Å². The van der Waals surface area contributed by atoms with Crippen LogP contribution >= 0.6 is 0 Å². The molecule has 0 spiro atoms. The Morgan fingerprint density at radius 2 is 2.18 bits per heavy atom. The molecule has 1 aliphatic heterocycles. The Labute approximate surface area is 101 Å². The van der Waals surface area contributed by atoms with Crippen LogP contribution in [0.5, 0.6) is 0 Å². The fourth-order valence-corrected chi connectivity index (χ4v) is 2.68. The van der Waals surface area contributed by atoms with Crippen LogP contribution in [0.15, 0.2) is 30.5 Å². The Morgan fingerprint density at radius 3 is 3.00 bits per heavy atom. The van der Waals surface area contributed by atoms with Gasteiger partial charge < -0.3 is 10.3 Å². The molecule has 0 radical (unpaired) electrons. The minimum Gasteiger partial charge on any atom is -0.398 e. The number of benzene rings is 1. The van der Waals surface area contributed by atoms with Crippen LogP contribution in [-0.4, -0.2) is 9.55 Å². The monoisotopic (exact) mass is 227 g/mol. The zero-order valence-electron chi connectivity index (χ0n) is 10.1. The molecule has 1 unspecified atom stereocenters. The zero-order valence-corrected chi connectivity index (χ0v) is 10.1. The van der Waals surface area contributed by atoms with E-state index in [0.29, 0.717) is 6.04 Å². The van der Waals surface area contributed by atoms with Crippen LogP contribution in [-0.2, 0) is 6.42 Å². The first-order valence-corrected chi connectivity index (χ1v) is 6.18.